The van der Waals surface area contributed by atoms with Gasteiger partial charge in [0.2, 0.25) is 0 Å². The Balaban J connectivity index is 1.49. The molecular formula is C25H19BrClFN2O2S. The van der Waals surface area contributed by atoms with Gasteiger partial charge in [-0.05, 0) is 81.6 Å². The minimum absolute atomic E-state index is 0.0444. The first-order valence-corrected chi connectivity index (χ1v) is 12.2. The molecule has 8 heteroatoms. The number of ether oxygens (including phenoxy) is 1. The second-order valence-corrected chi connectivity index (χ2v) is 9.49. The number of nitrogens with zero attached hydrogens (tertiary/aromatic N) is 1. The van der Waals surface area contributed by atoms with Gasteiger partial charge in [0.15, 0.2) is 10.9 Å². The Bertz CT molecular complexity index is 1240. The number of carbonyl (C=O) groups is 1. The maximum absolute atomic E-state index is 13.8. The summed E-state index contributed by atoms with van der Waals surface area (Å²) in [5.74, 6) is -0.159. The zero-order valence-electron chi connectivity index (χ0n) is 17.6. The SMILES string of the molecule is CCc1ccc(N=C2NC(=O)/C(=C/c3cc(Cl)c(OCc4ccccc4F)c(Br)c3)S2)cc1. The highest BCUT2D eigenvalue weighted by molar-refractivity contribution is 9.10. The monoisotopic (exact) mass is 544 g/mol. The average molecular weight is 546 g/mol. The van der Waals surface area contributed by atoms with E-state index in [1.807, 2.05) is 24.3 Å². The van der Waals surface area contributed by atoms with E-state index in [2.05, 4.69) is 33.2 Å². The molecular weight excluding hydrogens is 527 g/mol. The molecule has 0 spiro atoms. The molecule has 1 aliphatic heterocycles. The van der Waals surface area contributed by atoms with Gasteiger partial charge in [-0.25, -0.2) is 9.38 Å². The number of hydrogen-bond donors (Lipinski definition) is 1. The normalized spacial score (nSPS) is 15.8. The Kier molecular flexibility index (Phi) is 7.53. The summed E-state index contributed by atoms with van der Waals surface area (Å²) >= 11 is 11.1. The van der Waals surface area contributed by atoms with E-state index in [4.69, 9.17) is 16.3 Å². The molecule has 1 N–H and O–H groups in total. The number of nitrogens with one attached hydrogen (secondary N) is 1. The predicted molar refractivity (Wildman–Crippen MR) is 137 cm³/mol. The molecule has 0 aromatic heterocycles. The molecule has 1 heterocycles. The van der Waals surface area contributed by atoms with E-state index >= 15 is 0 Å². The third-order valence-corrected chi connectivity index (χ3v) is 6.65. The molecule has 1 amide bonds. The van der Waals surface area contributed by atoms with Gasteiger partial charge >= 0.3 is 0 Å². The molecule has 33 heavy (non-hydrogen) atoms. The topological polar surface area (TPSA) is 50.7 Å². The van der Waals surface area contributed by atoms with Crippen LogP contribution < -0.4 is 10.1 Å². The zero-order valence-corrected chi connectivity index (χ0v) is 20.7. The molecule has 0 aliphatic carbocycles. The van der Waals surface area contributed by atoms with E-state index in [1.165, 1.54) is 23.4 Å². The molecule has 1 fully saturated rings. The summed E-state index contributed by atoms with van der Waals surface area (Å²) in [5, 5.41) is 3.65. The summed E-state index contributed by atoms with van der Waals surface area (Å²) in [6.45, 7) is 2.14. The Labute approximate surface area is 209 Å². The van der Waals surface area contributed by atoms with E-state index in [0.717, 1.165) is 17.7 Å². The van der Waals surface area contributed by atoms with Crippen molar-refractivity contribution in [2.45, 2.75) is 20.0 Å². The highest BCUT2D eigenvalue weighted by Gasteiger charge is 2.24. The lowest BCUT2D eigenvalue weighted by atomic mass is 10.2. The molecule has 0 radical (unpaired) electrons. The summed E-state index contributed by atoms with van der Waals surface area (Å²) in [5.41, 5.74) is 3.16. The lowest BCUT2D eigenvalue weighted by molar-refractivity contribution is -0.115. The molecule has 4 nitrogen and oxygen atoms in total. The molecule has 1 aliphatic rings. The van der Waals surface area contributed by atoms with E-state index < -0.39 is 0 Å². The van der Waals surface area contributed by atoms with Crippen molar-refractivity contribution in [3.63, 3.8) is 0 Å². The van der Waals surface area contributed by atoms with Crippen molar-refractivity contribution in [1.82, 2.24) is 5.32 Å². The van der Waals surface area contributed by atoms with E-state index in [9.17, 15) is 9.18 Å². The van der Waals surface area contributed by atoms with Gasteiger partial charge in [-0.1, -0.05) is 48.9 Å². The van der Waals surface area contributed by atoms with Crippen LogP contribution in [0.25, 0.3) is 6.08 Å². The van der Waals surface area contributed by atoms with Gasteiger partial charge in [0.25, 0.3) is 5.91 Å². The number of thioether (sulfide) groups is 1. The van der Waals surface area contributed by atoms with Crippen molar-refractivity contribution in [1.29, 1.82) is 0 Å². The Morgan fingerprint density at radius 1 is 1.18 bits per heavy atom. The minimum atomic E-state index is -0.339. The van der Waals surface area contributed by atoms with Crippen LogP contribution in [0.1, 0.15) is 23.6 Å². The predicted octanol–water partition coefficient (Wildman–Crippen LogP) is 7.27. The summed E-state index contributed by atoms with van der Waals surface area (Å²) in [7, 11) is 0. The van der Waals surface area contributed by atoms with Crippen LogP contribution in [0.5, 0.6) is 5.75 Å². The number of amides is 1. The molecule has 4 rings (SSSR count). The minimum Gasteiger partial charge on any atom is -0.486 e. The highest BCUT2D eigenvalue weighted by atomic mass is 79.9. The number of halogens is 3. The Morgan fingerprint density at radius 2 is 1.94 bits per heavy atom. The quantitative estimate of drug-likeness (QED) is 0.331. The Hall–Kier alpha value is -2.61. The van der Waals surface area contributed by atoms with Gasteiger partial charge < -0.3 is 10.1 Å². The van der Waals surface area contributed by atoms with Crippen molar-refractivity contribution in [3.05, 3.63) is 97.6 Å². The van der Waals surface area contributed by atoms with Crippen LogP contribution >= 0.6 is 39.3 Å². The van der Waals surface area contributed by atoms with Crippen LogP contribution in [0, 0.1) is 5.82 Å². The second-order valence-electron chi connectivity index (χ2n) is 7.20. The summed E-state index contributed by atoms with van der Waals surface area (Å²) in [6.07, 6.45) is 2.69. The number of rotatable bonds is 6. The van der Waals surface area contributed by atoms with Gasteiger partial charge in [0, 0.05) is 5.56 Å². The van der Waals surface area contributed by atoms with Crippen LogP contribution in [0.2, 0.25) is 5.02 Å². The number of amidine groups is 1. The van der Waals surface area contributed by atoms with Crippen molar-refractivity contribution < 1.29 is 13.9 Å². The number of hydrogen-bond acceptors (Lipinski definition) is 4. The second kappa shape index (κ2) is 10.5. The third kappa shape index (κ3) is 5.85. The first-order valence-electron chi connectivity index (χ1n) is 10.2. The summed E-state index contributed by atoms with van der Waals surface area (Å²) < 4.78 is 20.2. The zero-order chi connectivity index (χ0) is 23.4. The number of aryl methyl sites for hydroxylation is 1. The van der Waals surface area contributed by atoms with Gasteiger partial charge in [-0.15, -0.1) is 0 Å². The fraction of sp³-hybridized carbons (Fsp3) is 0.120. The first-order chi connectivity index (χ1) is 15.9. The van der Waals surface area contributed by atoms with Gasteiger partial charge in [0.05, 0.1) is 20.1 Å². The molecule has 0 unspecified atom stereocenters. The third-order valence-electron chi connectivity index (χ3n) is 4.87. The number of aliphatic imine (C=N–C) groups is 1. The van der Waals surface area contributed by atoms with Crippen LogP contribution in [0.4, 0.5) is 10.1 Å². The first kappa shape index (κ1) is 23.5. The maximum atomic E-state index is 13.8. The molecule has 0 bridgehead atoms. The largest absolute Gasteiger partial charge is 0.486 e. The standard InChI is InChI=1S/C25H19BrClFN2O2S/c1-2-15-7-9-18(10-8-15)29-25-30-24(31)22(33-25)13-16-11-19(26)23(20(27)12-16)32-14-17-5-3-4-6-21(17)28/h3-13H,2,14H2,1H3,(H,29,30,31)/b22-13-. The van der Waals surface area contributed by atoms with Crippen LogP contribution in [0.3, 0.4) is 0 Å². The molecule has 1 saturated heterocycles. The Morgan fingerprint density at radius 3 is 2.64 bits per heavy atom. The molecule has 0 saturated carbocycles. The van der Waals surface area contributed by atoms with Crippen LogP contribution in [-0.4, -0.2) is 11.1 Å². The fourth-order valence-electron chi connectivity index (χ4n) is 3.12. The number of carbonyl (C=O) groups excluding carboxylic acids is 1. The van der Waals surface area contributed by atoms with E-state index in [0.29, 0.717) is 30.9 Å². The molecule has 0 atom stereocenters. The van der Waals surface area contributed by atoms with Gasteiger partial charge in [-0.2, -0.15) is 0 Å². The maximum Gasteiger partial charge on any atom is 0.264 e. The van der Waals surface area contributed by atoms with Crippen molar-refractivity contribution in [2.24, 2.45) is 4.99 Å². The molecule has 168 valence electrons. The highest BCUT2D eigenvalue weighted by Crippen LogP contribution is 2.37. The lowest BCUT2D eigenvalue weighted by Gasteiger charge is -2.12. The van der Waals surface area contributed by atoms with Crippen LogP contribution in [0.15, 0.2) is 75.0 Å². The molecule has 3 aromatic rings. The summed E-state index contributed by atoms with van der Waals surface area (Å²) in [6, 6.07) is 17.8. The van der Waals surface area contributed by atoms with Crippen molar-refractivity contribution in [3.8, 4) is 5.75 Å². The van der Waals surface area contributed by atoms with Crippen molar-refractivity contribution >= 4 is 62.1 Å². The summed E-state index contributed by atoms with van der Waals surface area (Å²) in [4.78, 5) is 17.4. The fourth-order valence-corrected chi connectivity index (χ4v) is 4.95. The van der Waals surface area contributed by atoms with Gasteiger partial charge in [-0.3, -0.25) is 4.79 Å². The molecule has 3 aromatic carbocycles. The van der Waals surface area contributed by atoms with Crippen LogP contribution in [-0.2, 0) is 17.8 Å². The van der Waals surface area contributed by atoms with E-state index in [-0.39, 0.29) is 18.3 Å². The van der Waals surface area contributed by atoms with Crippen molar-refractivity contribution in [2.75, 3.05) is 0 Å². The van der Waals surface area contributed by atoms with Gasteiger partial charge in [0.1, 0.15) is 12.4 Å². The average Bonchev–Trinajstić information content (AvgIpc) is 3.13. The smallest absolute Gasteiger partial charge is 0.264 e. The van der Waals surface area contributed by atoms with E-state index in [1.54, 1.807) is 36.4 Å². The lowest BCUT2D eigenvalue weighted by Crippen LogP contribution is -2.19. The number of benzene rings is 3.